The van der Waals surface area contributed by atoms with Crippen molar-refractivity contribution in [1.29, 1.82) is 0 Å². The van der Waals surface area contributed by atoms with Crippen molar-refractivity contribution in [3.05, 3.63) is 34.9 Å². The molecule has 0 saturated heterocycles. The predicted molar refractivity (Wildman–Crippen MR) is 53.6 cm³/mol. The molecule has 0 bridgehead atoms. The van der Waals surface area contributed by atoms with E-state index in [9.17, 15) is 0 Å². The van der Waals surface area contributed by atoms with Gasteiger partial charge in [-0.1, -0.05) is 18.2 Å². The van der Waals surface area contributed by atoms with Gasteiger partial charge in [0.05, 0.1) is 0 Å². The molecule has 2 rings (SSSR count). The molecule has 0 saturated carbocycles. The van der Waals surface area contributed by atoms with Crippen LogP contribution in [0.2, 0.25) is 0 Å². The van der Waals surface area contributed by atoms with Crippen LogP contribution in [0.15, 0.2) is 18.2 Å². The van der Waals surface area contributed by atoms with Gasteiger partial charge in [0.2, 0.25) is 0 Å². The van der Waals surface area contributed by atoms with E-state index in [1.54, 1.807) is 0 Å². The lowest BCUT2D eigenvalue weighted by Crippen LogP contribution is -1.96. The second kappa shape index (κ2) is 3.92. The Kier molecular flexibility index (Phi) is 3.12. The number of rotatable bonds is 1. The fraction of sp³-hybridized carbons (Fsp3) is 0.400. The lowest BCUT2D eigenvalue weighted by atomic mass is 10.1. The van der Waals surface area contributed by atoms with Gasteiger partial charge in [-0.25, -0.2) is 0 Å². The molecule has 0 unspecified atom stereocenters. The molecule has 1 aliphatic carbocycles. The van der Waals surface area contributed by atoms with Crippen molar-refractivity contribution in [3.63, 3.8) is 0 Å². The number of aryl methyl sites for hydroxylation is 2. The van der Waals surface area contributed by atoms with Crippen molar-refractivity contribution in [1.82, 2.24) is 0 Å². The summed E-state index contributed by atoms with van der Waals surface area (Å²) in [5.41, 5.74) is 9.86. The zero-order chi connectivity index (χ0) is 7.68. The quantitative estimate of drug-likeness (QED) is 0.709. The van der Waals surface area contributed by atoms with Gasteiger partial charge in [-0.3, -0.25) is 0 Å². The normalized spacial score (nSPS) is 13.8. The summed E-state index contributed by atoms with van der Waals surface area (Å²) in [6.45, 7) is 0.674. The maximum absolute atomic E-state index is 5.54. The highest BCUT2D eigenvalue weighted by molar-refractivity contribution is 5.85. The van der Waals surface area contributed by atoms with Gasteiger partial charge in [0, 0.05) is 6.54 Å². The first-order chi connectivity index (χ1) is 5.40. The van der Waals surface area contributed by atoms with Crippen LogP contribution in [0.25, 0.3) is 0 Å². The van der Waals surface area contributed by atoms with Crippen LogP contribution >= 0.6 is 12.4 Å². The van der Waals surface area contributed by atoms with Gasteiger partial charge in [-0.2, -0.15) is 0 Å². The van der Waals surface area contributed by atoms with Crippen molar-refractivity contribution in [2.45, 2.75) is 25.8 Å². The van der Waals surface area contributed by atoms with Gasteiger partial charge >= 0.3 is 0 Å². The molecule has 2 heteroatoms. The van der Waals surface area contributed by atoms with Gasteiger partial charge < -0.3 is 5.73 Å². The lowest BCUT2D eigenvalue weighted by Gasteiger charge is -2.00. The van der Waals surface area contributed by atoms with Crippen LogP contribution < -0.4 is 5.73 Å². The molecular weight excluding hydrogens is 170 g/mol. The Hall–Kier alpha value is -0.530. The van der Waals surface area contributed by atoms with Crippen molar-refractivity contribution >= 4 is 12.4 Å². The Morgan fingerprint density at radius 1 is 1.17 bits per heavy atom. The Bertz CT molecular complexity index is 271. The van der Waals surface area contributed by atoms with E-state index >= 15 is 0 Å². The summed E-state index contributed by atoms with van der Waals surface area (Å²) in [7, 11) is 0. The third kappa shape index (κ3) is 1.62. The molecule has 0 fully saturated rings. The molecule has 12 heavy (non-hydrogen) atoms. The lowest BCUT2D eigenvalue weighted by molar-refractivity contribution is 0.911. The summed E-state index contributed by atoms with van der Waals surface area (Å²) < 4.78 is 0. The summed E-state index contributed by atoms with van der Waals surface area (Å²) in [6, 6.07) is 6.62. The Balaban J connectivity index is 0.000000720. The zero-order valence-corrected chi connectivity index (χ0v) is 7.86. The van der Waals surface area contributed by atoms with Crippen LogP contribution in [0.1, 0.15) is 23.1 Å². The van der Waals surface area contributed by atoms with Gasteiger partial charge in [-0.05, 0) is 36.0 Å². The van der Waals surface area contributed by atoms with Crippen LogP contribution in [0.4, 0.5) is 0 Å². The molecule has 66 valence electrons. The number of nitrogens with two attached hydrogens (primary N) is 1. The SMILES string of the molecule is Cl.NCc1ccc2c(c1)CCC2. The van der Waals surface area contributed by atoms with Crippen LogP contribution in [-0.4, -0.2) is 0 Å². The number of hydrogen-bond donors (Lipinski definition) is 1. The van der Waals surface area contributed by atoms with E-state index in [4.69, 9.17) is 5.73 Å². The molecule has 0 aliphatic heterocycles. The van der Waals surface area contributed by atoms with Crippen molar-refractivity contribution < 1.29 is 0 Å². The molecule has 1 aromatic carbocycles. The van der Waals surface area contributed by atoms with Crippen molar-refractivity contribution in [2.24, 2.45) is 5.73 Å². The minimum absolute atomic E-state index is 0. The second-order valence-electron chi connectivity index (χ2n) is 3.16. The molecule has 0 atom stereocenters. The predicted octanol–water partition coefficient (Wildman–Crippen LogP) is 2.06. The molecule has 2 N–H and O–H groups in total. The van der Waals surface area contributed by atoms with E-state index < -0.39 is 0 Å². The van der Waals surface area contributed by atoms with E-state index in [0.29, 0.717) is 6.54 Å². The maximum atomic E-state index is 5.54. The standard InChI is InChI=1S/C10H13N.ClH/c11-7-8-4-5-9-2-1-3-10(9)6-8;/h4-6H,1-3,7,11H2;1H. The van der Waals surface area contributed by atoms with Crippen molar-refractivity contribution in [2.75, 3.05) is 0 Å². The van der Waals surface area contributed by atoms with Crippen LogP contribution in [0.5, 0.6) is 0 Å². The fourth-order valence-corrected chi connectivity index (χ4v) is 1.75. The first-order valence-electron chi connectivity index (χ1n) is 4.21. The topological polar surface area (TPSA) is 26.0 Å². The molecule has 1 aromatic rings. The summed E-state index contributed by atoms with van der Waals surface area (Å²) in [5.74, 6) is 0. The maximum Gasteiger partial charge on any atom is 0.0178 e. The average Bonchev–Trinajstić information content (AvgIpc) is 2.50. The molecule has 0 radical (unpaired) electrons. The second-order valence-corrected chi connectivity index (χ2v) is 3.16. The molecule has 1 aliphatic rings. The number of benzene rings is 1. The number of fused-ring (bicyclic) bond motifs is 1. The average molecular weight is 184 g/mol. The summed E-state index contributed by atoms with van der Waals surface area (Å²) in [4.78, 5) is 0. The highest BCUT2D eigenvalue weighted by Crippen LogP contribution is 2.22. The third-order valence-corrected chi connectivity index (χ3v) is 2.40. The van der Waals surface area contributed by atoms with Crippen LogP contribution in [-0.2, 0) is 19.4 Å². The van der Waals surface area contributed by atoms with E-state index in [0.717, 1.165) is 0 Å². The van der Waals surface area contributed by atoms with Crippen LogP contribution in [0, 0.1) is 0 Å². The third-order valence-electron chi connectivity index (χ3n) is 2.40. The van der Waals surface area contributed by atoms with Crippen molar-refractivity contribution in [3.8, 4) is 0 Å². The highest BCUT2D eigenvalue weighted by Gasteiger charge is 2.09. The highest BCUT2D eigenvalue weighted by atomic mass is 35.5. The first kappa shape index (κ1) is 9.56. The summed E-state index contributed by atoms with van der Waals surface area (Å²) in [6.07, 6.45) is 3.84. The molecule has 0 spiro atoms. The Morgan fingerprint density at radius 3 is 2.67 bits per heavy atom. The number of hydrogen-bond acceptors (Lipinski definition) is 1. The van der Waals surface area contributed by atoms with Crippen LogP contribution in [0.3, 0.4) is 0 Å². The van der Waals surface area contributed by atoms with E-state index in [1.165, 1.54) is 36.0 Å². The van der Waals surface area contributed by atoms with Gasteiger partial charge in [0.1, 0.15) is 0 Å². The summed E-state index contributed by atoms with van der Waals surface area (Å²) >= 11 is 0. The minimum Gasteiger partial charge on any atom is -0.326 e. The molecule has 0 heterocycles. The van der Waals surface area contributed by atoms with Gasteiger partial charge in [-0.15, -0.1) is 12.4 Å². The Labute approximate surface area is 79.4 Å². The summed E-state index contributed by atoms with van der Waals surface area (Å²) in [5, 5.41) is 0. The number of halogens is 1. The smallest absolute Gasteiger partial charge is 0.0178 e. The van der Waals surface area contributed by atoms with E-state index in [2.05, 4.69) is 18.2 Å². The molecule has 0 amide bonds. The monoisotopic (exact) mass is 183 g/mol. The van der Waals surface area contributed by atoms with E-state index in [1.807, 2.05) is 0 Å². The first-order valence-corrected chi connectivity index (χ1v) is 4.21. The molecule has 1 nitrogen and oxygen atoms in total. The van der Waals surface area contributed by atoms with E-state index in [-0.39, 0.29) is 12.4 Å². The fourth-order valence-electron chi connectivity index (χ4n) is 1.75. The molecule has 0 aromatic heterocycles. The van der Waals surface area contributed by atoms with Gasteiger partial charge in [0.15, 0.2) is 0 Å². The minimum atomic E-state index is 0. The largest absolute Gasteiger partial charge is 0.326 e. The molecular formula is C10H14ClN. The Morgan fingerprint density at radius 2 is 1.92 bits per heavy atom. The van der Waals surface area contributed by atoms with Gasteiger partial charge in [0.25, 0.3) is 0 Å². The zero-order valence-electron chi connectivity index (χ0n) is 7.05.